The Morgan fingerprint density at radius 1 is 1.21 bits per heavy atom. The summed E-state index contributed by atoms with van der Waals surface area (Å²) in [5, 5.41) is 17.0. The van der Waals surface area contributed by atoms with Crippen LogP contribution in [0.15, 0.2) is 18.2 Å². The summed E-state index contributed by atoms with van der Waals surface area (Å²) in [4.78, 5) is 21.1. The number of rotatable bonds is 4. The van der Waals surface area contributed by atoms with E-state index < -0.39 is 7.32 Å². The molecule has 1 aromatic rings. The highest BCUT2D eigenvalue weighted by Gasteiger charge is 2.15. The lowest BCUT2D eigenvalue weighted by Crippen LogP contribution is -2.21. The number of carbonyl (C=O) groups is 2. The molecule has 1 aromatic carbocycles. The van der Waals surface area contributed by atoms with Crippen LogP contribution < -0.4 is 4.65 Å². The molecule has 2 N–H and O–H groups in total. The molecule has 6 heteroatoms. The Balaban J connectivity index is 3.14. The Hall–Kier alpha value is -1.66. The fourth-order valence-electron chi connectivity index (χ4n) is 1.01. The van der Waals surface area contributed by atoms with E-state index >= 15 is 0 Å². The monoisotopic (exact) mass is 194 g/mol. The first-order valence-corrected chi connectivity index (χ1v) is 3.75. The lowest BCUT2D eigenvalue weighted by Gasteiger charge is -2.07. The second-order valence-electron chi connectivity index (χ2n) is 2.44. The second-order valence-corrected chi connectivity index (χ2v) is 2.44. The van der Waals surface area contributed by atoms with Gasteiger partial charge in [0.25, 0.3) is 0 Å². The lowest BCUT2D eigenvalue weighted by atomic mass is 10.1. The van der Waals surface area contributed by atoms with Crippen LogP contribution in [0.4, 0.5) is 0 Å². The van der Waals surface area contributed by atoms with Gasteiger partial charge in [-0.1, -0.05) is 12.1 Å². The van der Waals surface area contributed by atoms with Gasteiger partial charge in [-0.05, 0) is 6.07 Å². The van der Waals surface area contributed by atoms with E-state index in [4.69, 9.17) is 10.0 Å². The zero-order valence-corrected chi connectivity index (χ0v) is 7.08. The topological polar surface area (TPSA) is 83.8 Å². The molecule has 0 aliphatic rings. The number of carbonyl (C=O) groups excluding carboxylic acids is 2. The Morgan fingerprint density at radius 2 is 1.93 bits per heavy atom. The largest absolute Gasteiger partial charge is 0.707 e. The van der Waals surface area contributed by atoms with E-state index in [1.165, 1.54) is 18.2 Å². The molecule has 72 valence electrons. The van der Waals surface area contributed by atoms with Crippen molar-refractivity contribution in [2.24, 2.45) is 0 Å². The van der Waals surface area contributed by atoms with Gasteiger partial charge in [-0.25, -0.2) is 0 Å². The molecule has 0 amide bonds. The summed E-state index contributed by atoms with van der Waals surface area (Å²) in [5.74, 6) is -0.0420. The average Bonchev–Trinajstić information content (AvgIpc) is 2.16. The maximum absolute atomic E-state index is 10.6. The van der Waals surface area contributed by atoms with Crippen LogP contribution >= 0.6 is 0 Å². The minimum absolute atomic E-state index is 0.00407. The fourth-order valence-corrected chi connectivity index (χ4v) is 1.01. The summed E-state index contributed by atoms with van der Waals surface area (Å²) >= 11 is 0. The third-order valence-corrected chi connectivity index (χ3v) is 1.58. The van der Waals surface area contributed by atoms with E-state index in [0.717, 1.165) is 0 Å². The van der Waals surface area contributed by atoms with Crippen molar-refractivity contribution in [2.75, 3.05) is 0 Å². The molecule has 0 radical (unpaired) electrons. The number of benzene rings is 1. The van der Waals surface area contributed by atoms with Crippen molar-refractivity contribution in [3.63, 3.8) is 0 Å². The molecule has 14 heavy (non-hydrogen) atoms. The van der Waals surface area contributed by atoms with Crippen LogP contribution in [0.3, 0.4) is 0 Å². The van der Waals surface area contributed by atoms with Crippen LogP contribution in [0.25, 0.3) is 0 Å². The van der Waals surface area contributed by atoms with Crippen LogP contribution in [-0.2, 0) is 0 Å². The first kappa shape index (κ1) is 10.4. The molecule has 0 aliphatic carbocycles. The van der Waals surface area contributed by atoms with Gasteiger partial charge in [0.15, 0.2) is 12.6 Å². The van der Waals surface area contributed by atoms with Crippen LogP contribution in [0.1, 0.15) is 20.7 Å². The highest BCUT2D eigenvalue weighted by Crippen LogP contribution is 2.19. The summed E-state index contributed by atoms with van der Waals surface area (Å²) < 4.78 is 4.50. The van der Waals surface area contributed by atoms with Gasteiger partial charge in [0.1, 0.15) is 5.75 Å². The van der Waals surface area contributed by atoms with Crippen LogP contribution in [0, 0.1) is 0 Å². The average molecular weight is 194 g/mol. The lowest BCUT2D eigenvalue weighted by molar-refractivity contribution is 0.109. The van der Waals surface area contributed by atoms with Crippen molar-refractivity contribution >= 4 is 19.9 Å². The first-order valence-electron chi connectivity index (χ1n) is 3.75. The van der Waals surface area contributed by atoms with Crippen molar-refractivity contribution < 1.29 is 24.3 Å². The molecule has 0 atom stereocenters. The van der Waals surface area contributed by atoms with Crippen LogP contribution in [0.5, 0.6) is 5.75 Å². The molecule has 0 aliphatic heterocycles. The first-order chi connectivity index (χ1) is 6.69. The van der Waals surface area contributed by atoms with E-state index in [-0.39, 0.29) is 16.9 Å². The molecule has 0 bridgehead atoms. The zero-order chi connectivity index (χ0) is 10.6. The molecule has 0 heterocycles. The molecule has 0 fully saturated rings. The van der Waals surface area contributed by atoms with E-state index in [1.54, 1.807) is 0 Å². The zero-order valence-electron chi connectivity index (χ0n) is 7.08. The van der Waals surface area contributed by atoms with Crippen molar-refractivity contribution in [3.8, 4) is 5.75 Å². The minimum atomic E-state index is -2.02. The Labute approximate surface area is 80.1 Å². The highest BCUT2D eigenvalue weighted by molar-refractivity contribution is 6.34. The molecular formula is C8H7BO5. The predicted molar refractivity (Wildman–Crippen MR) is 48.0 cm³/mol. The fraction of sp³-hybridized carbons (Fsp3) is 0. The predicted octanol–water partition coefficient (Wildman–Crippen LogP) is -0.340. The molecular weight excluding hydrogens is 187 g/mol. The SMILES string of the molecule is O=Cc1cccc(OB(O)O)c1C=O. The smallest absolute Gasteiger partial charge is 0.511 e. The molecule has 0 saturated heterocycles. The van der Waals surface area contributed by atoms with E-state index in [1.807, 2.05) is 0 Å². The standard InChI is InChI=1S/C8H7BO5/c10-4-6-2-1-3-8(7(6)5-11)14-9(12)13/h1-5,12-13H. The molecule has 1 rings (SSSR count). The Bertz CT molecular complexity index is 350. The normalized spacial score (nSPS) is 9.29. The number of aldehydes is 2. The van der Waals surface area contributed by atoms with Gasteiger partial charge in [0.2, 0.25) is 0 Å². The van der Waals surface area contributed by atoms with Gasteiger partial charge in [0, 0.05) is 5.56 Å². The maximum atomic E-state index is 10.6. The van der Waals surface area contributed by atoms with Crippen LogP contribution in [-0.4, -0.2) is 29.9 Å². The second kappa shape index (κ2) is 4.54. The van der Waals surface area contributed by atoms with E-state index in [9.17, 15) is 9.59 Å². The quantitative estimate of drug-likeness (QED) is 0.505. The number of hydrogen-bond donors (Lipinski definition) is 2. The van der Waals surface area contributed by atoms with Crippen molar-refractivity contribution in [1.82, 2.24) is 0 Å². The third-order valence-electron chi connectivity index (χ3n) is 1.58. The van der Waals surface area contributed by atoms with Gasteiger partial charge >= 0.3 is 7.32 Å². The van der Waals surface area contributed by atoms with Gasteiger partial charge in [-0.2, -0.15) is 0 Å². The van der Waals surface area contributed by atoms with Crippen molar-refractivity contribution in [3.05, 3.63) is 29.3 Å². The van der Waals surface area contributed by atoms with Gasteiger partial charge < -0.3 is 14.7 Å². The molecule has 0 unspecified atom stereocenters. The Kier molecular flexibility index (Phi) is 3.38. The van der Waals surface area contributed by atoms with E-state index in [2.05, 4.69) is 4.65 Å². The maximum Gasteiger partial charge on any atom is 0.707 e. The molecule has 0 spiro atoms. The summed E-state index contributed by atoms with van der Waals surface area (Å²) in [6.07, 6.45) is 0.905. The molecule has 0 aromatic heterocycles. The summed E-state index contributed by atoms with van der Waals surface area (Å²) in [6.45, 7) is 0. The third kappa shape index (κ3) is 2.18. The summed E-state index contributed by atoms with van der Waals surface area (Å²) in [5.41, 5.74) is 0.133. The molecule has 5 nitrogen and oxygen atoms in total. The van der Waals surface area contributed by atoms with Crippen LogP contribution in [0.2, 0.25) is 0 Å². The van der Waals surface area contributed by atoms with Gasteiger partial charge in [-0.3, -0.25) is 9.59 Å². The van der Waals surface area contributed by atoms with Crippen molar-refractivity contribution in [2.45, 2.75) is 0 Å². The van der Waals surface area contributed by atoms with Gasteiger partial charge in [-0.15, -0.1) is 0 Å². The van der Waals surface area contributed by atoms with Crippen molar-refractivity contribution in [1.29, 1.82) is 0 Å². The minimum Gasteiger partial charge on any atom is -0.511 e. The summed E-state index contributed by atoms with van der Waals surface area (Å²) in [6, 6.07) is 4.25. The summed E-state index contributed by atoms with van der Waals surface area (Å²) in [7, 11) is -2.02. The number of hydrogen-bond acceptors (Lipinski definition) is 5. The highest BCUT2D eigenvalue weighted by atomic mass is 16.6. The molecule has 0 saturated carbocycles. The Morgan fingerprint density at radius 3 is 2.43 bits per heavy atom. The van der Waals surface area contributed by atoms with E-state index in [0.29, 0.717) is 12.6 Å². The van der Waals surface area contributed by atoms with Gasteiger partial charge in [0.05, 0.1) is 5.56 Å².